The summed E-state index contributed by atoms with van der Waals surface area (Å²) < 4.78 is 0. The van der Waals surface area contributed by atoms with Crippen LogP contribution in [0.5, 0.6) is 0 Å². The molecule has 78 valence electrons. The minimum absolute atomic E-state index is 0.0868. The van der Waals surface area contributed by atoms with Gasteiger partial charge in [-0.15, -0.1) is 0 Å². The summed E-state index contributed by atoms with van der Waals surface area (Å²) in [5.74, 6) is -0.785. The van der Waals surface area contributed by atoms with Gasteiger partial charge in [-0.25, -0.2) is 0 Å². The predicted octanol–water partition coefficient (Wildman–Crippen LogP) is 0.520. The number of nitrogens with two attached hydrogens (primary N) is 1. The fraction of sp³-hybridized carbons (Fsp3) is 0.889. The van der Waals surface area contributed by atoms with E-state index in [1.54, 1.807) is 0 Å². The highest BCUT2D eigenvalue weighted by Crippen LogP contribution is 2.12. The molecule has 0 aliphatic carbocycles. The third kappa shape index (κ3) is 5.60. The number of carboxylic acid groups (broad SMARTS) is 1. The molecule has 0 aromatic carbocycles. The van der Waals surface area contributed by atoms with Crippen molar-refractivity contribution in [2.24, 2.45) is 5.73 Å². The fourth-order valence-electron chi connectivity index (χ4n) is 1.10. The molecule has 0 fully saturated rings. The van der Waals surface area contributed by atoms with E-state index in [1.165, 1.54) is 0 Å². The molecule has 0 aromatic rings. The fourth-order valence-corrected chi connectivity index (χ4v) is 1.10. The van der Waals surface area contributed by atoms with Crippen molar-refractivity contribution in [1.82, 2.24) is 4.90 Å². The molecule has 0 radical (unpaired) electrons. The largest absolute Gasteiger partial charge is 0.480 e. The summed E-state index contributed by atoms with van der Waals surface area (Å²) in [5, 5.41) is 8.67. The number of hydrogen-bond acceptors (Lipinski definition) is 3. The van der Waals surface area contributed by atoms with Crippen molar-refractivity contribution in [2.75, 3.05) is 19.6 Å². The van der Waals surface area contributed by atoms with Crippen LogP contribution in [0.15, 0.2) is 0 Å². The minimum atomic E-state index is -0.785. The van der Waals surface area contributed by atoms with E-state index in [0.717, 1.165) is 13.0 Å². The average Bonchev–Trinajstić information content (AvgIpc) is 1.95. The number of carbonyl (C=O) groups is 1. The first-order chi connectivity index (χ1) is 5.88. The Morgan fingerprint density at radius 1 is 1.46 bits per heavy atom. The van der Waals surface area contributed by atoms with Crippen LogP contribution in [0.4, 0.5) is 0 Å². The smallest absolute Gasteiger partial charge is 0.317 e. The first kappa shape index (κ1) is 12.4. The van der Waals surface area contributed by atoms with Gasteiger partial charge < -0.3 is 10.8 Å². The molecule has 3 N–H and O–H groups in total. The maximum Gasteiger partial charge on any atom is 0.317 e. The maximum atomic E-state index is 10.5. The molecule has 0 heterocycles. The zero-order valence-electron chi connectivity index (χ0n) is 8.71. The van der Waals surface area contributed by atoms with Crippen molar-refractivity contribution < 1.29 is 9.90 Å². The van der Waals surface area contributed by atoms with Gasteiger partial charge in [-0.2, -0.15) is 0 Å². The van der Waals surface area contributed by atoms with E-state index >= 15 is 0 Å². The Morgan fingerprint density at radius 3 is 2.31 bits per heavy atom. The van der Waals surface area contributed by atoms with Gasteiger partial charge in [0.1, 0.15) is 0 Å². The van der Waals surface area contributed by atoms with E-state index in [0.29, 0.717) is 6.54 Å². The van der Waals surface area contributed by atoms with E-state index < -0.39 is 5.97 Å². The van der Waals surface area contributed by atoms with Crippen molar-refractivity contribution in [3.63, 3.8) is 0 Å². The van der Waals surface area contributed by atoms with Crippen LogP contribution in [-0.2, 0) is 4.79 Å². The molecule has 0 aliphatic rings. The molecular weight excluding hydrogens is 168 g/mol. The van der Waals surface area contributed by atoms with Gasteiger partial charge in [-0.1, -0.05) is 0 Å². The van der Waals surface area contributed by atoms with Crippen LogP contribution in [-0.4, -0.2) is 41.1 Å². The van der Waals surface area contributed by atoms with Gasteiger partial charge in [0, 0.05) is 12.1 Å². The Bertz CT molecular complexity index is 163. The molecule has 0 atom stereocenters. The molecule has 0 aromatic heterocycles. The second kappa shape index (κ2) is 5.19. The van der Waals surface area contributed by atoms with Gasteiger partial charge in [0.05, 0.1) is 6.54 Å². The van der Waals surface area contributed by atoms with E-state index in [-0.39, 0.29) is 12.1 Å². The summed E-state index contributed by atoms with van der Waals surface area (Å²) in [7, 11) is 0. The SMILES string of the molecule is CC(C)(C)N(CCCN)CC(=O)O. The molecule has 0 amide bonds. The lowest BCUT2D eigenvalue weighted by molar-refractivity contribution is -0.139. The molecule has 0 saturated carbocycles. The zero-order valence-corrected chi connectivity index (χ0v) is 8.71. The lowest BCUT2D eigenvalue weighted by Crippen LogP contribution is -2.45. The quantitative estimate of drug-likeness (QED) is 0.660. The average molecular weight is 188 g/mol. The molecule has 0 aliphatic heterocycles. The number of carboxylic acids is 1. The standard InChI is InChI=1S/C9H20N2O2/c1-9(2,3)11(6-4-5-10)7-8(12)13/h4-7,10H2,1-3H3,(H,12,13). The van der Waals surface area contributed by atoms with Crippen LogP contribution in [0, 0.1) is 0 Å². The molecule has 4 nitrogen and oxygen atoms in total. The highest BCUT2D eigenvalue weighted by Gasteiger charge is 2.22. The lowest BCUT2D eigenvalue weighted by atomic mass is 10.1. The summed E-state index contributed by atoms with van der Waals surface area (Å²) in [6.07, 6.45) is 0.838. The molecule has 0 bridgehead atoms. The monoisotopic (exact) mass is 188 g/mol. The van der Waals surface area contributed by atoms with Crippen LogP contribution in [0.25, 0.3) is 0 Å². The third-order valence-corrected chi connectivity index (χ3v) is 1.91. The molecule has 0 rings (SSSR count). The van der Waals surface area contributed by atoms with Gasteiger partial charge in [-0.05, 0) is 33.7 Å². The van der Waals surface area contributed by atoms with Crippen LogP contribution in [0.2, 0.25) is 0 Å². The maximum absolute atomic E-state index is 10.5. The van der Waals surface area contributed by atoms with E-state index in [1.807, 2.05) is 25.7 Å². The van der Waals surface area contributed by atoms with Gasteiger partial charge in [0.15, 0.2) is 0 Å². The molecule has 0 saturated heterocycles. The Kier molecular flexibility index (Phi) is 4.95. The molecule has 4 heteroatoms. The molecule has 0 unspecified atom stereocenters. The number of rotatable bonds is 5. The summed E-state index contributed by atoms with van der Waals surface area (Å²) in [6.45, 7) is 7.45. The predicted molar refractivity (Wildman–Crippen MR) is 52.6 cm³/mol. The Morgan fingerprint density at radius 2 is 2.00 bits per heavy atom. The van der Waals surface area contributed by atoms with Crippen molar-refractivity contribution >= 4 is 5.97 Å². The van der Waals surface area contributed by atoms with Crippen LogP contribution in [0.1, 0.15) is 27.2 Å². The van der Waals surface area contributed by atoms with Gasteiger partial charge in [-0.3, -0.25) is 9.69 Å². The van der Waals surface area contributed by atoms with Crippen molar-refractivity contribution in [2.45, 2.75) is 32.7 Å². The zero-order chi connectivity index (χ0) is 10.5. The van der Waals surface area contributed by atoms with E-state index in [4.69, 9.17) is 10.8 Å². The second-order valence-electron chi connectivity index (χ2n) is 4.13. The highest BCUT2D eigenvalue weighted by molar-refractivity contribution is 5.69. The van der Waals surface area contributed by atoms with Crippen molar-refractivity contribution in [3.05, 3.63) is 0 Å². The molecule has 0 spiro atoms. The summed E-state index contributed by atoms with van der Waals surface area (Å²) in [6, 6.07) is 0. The summed E-state index contributed by atoms with van der Waals surface area (Å²) >= 11 is 0. The second-order valence-corrected chi connectivity index (χ2v) is 4.13. The topological polar surface area (TPSA) is 66.6 Å². The van der Waals surface area contributed by atoms with Crippen LogP contribution in [0.3, 0.4) is 0 Å². The van der Waals surface area contributed by atoms with E-state index in [2.05, 4.69) is 0 Å². The molecular formula is C9H20N2O2. The third-order valence-electron chi connectivity index (χ3n) is 1.91. The normalized spacial score (nSPS) is 12.1. The molecule has 13 heavy (non-hydrogen) atoms. The number of hydrogen-bond donors (Lipinski definition) is 2. The van der Waals surface area contributed by atoms with Crippen molar-refractivity contribution in [3.8, 4) is 0 Å². The highest BCUT2D eigenvalue weighted by atomic mass is 16.4. The lowest BCUT2D eigenvalue weighted by Gasteiger charge is -2.34. The summed E-state index contributed by atoms with van der Waals surface area (Å²) in [5.41, 5.74) is 5.27. The first-order valence-corrected chi connectivity index (χ1v) is 4.55. The van der Waals surface area contributed by atoms with Crippen LogP contribution < -0.4 is 5.73 Å². The minimum Gasteiger partial charge on any atom is -0.480 e. The Balaban J connectivity index is 4.11. The van der Waals surface area contributed by atoms with Crippen LogP contribution >= 0.6 is 0 Å². The Hall–Kier alpha value is -0.610. The number of aliphatic carboxylic acids is 1. The van der Waals surface area contributed by atoms with Gasteiger partial charge in [0.2, 0.25) is 0 Å². The first-order valence-electron chi connectivity index (χ1n) is 4.55. The van der Waals surface area contributed by atoms with Crippen molar-refractivity contribution in [1.29, 1.82) is 0 Å². The van der Waals surface area contributed by atoms with Gasteiger partial charge >= 0.3 is 5.97 Å². The Labute approximate surface area is 79.7 Å². The van der Waals surface area contributed by atoms with Gasteiger partial charge in [0.25, 0.3) is 0 Å². The summed E-state index contributed by atoms with van der Waals surface area (Å²) in [4.78, 5) is 12.5. The van der Waals surface area contributed by atoms with E-state index in [9.17, 15) is 4.79 Å². The number of nitrogens with zero attached hydrogens (tertiary/aromatic N) is 1.